The van der Waals surface area contributed by atoms with E-state index in [0.29, 0.717) is 41.8 Å². The van der Waals surface area contributed by atoms with Gasteiger partial charge in [-0.2, -0.15) is 0 Å². The lowest BCUT2D eigenvalue weighted by atomic mass is 9.45. The normalized spacial score (nSPS) is 52.5. The molecule has 0 amide bonds. The molecule has 0 bridgehead atoms. The van der Waals surface area contributed by atoms with Gasteiger partial charge in [-0.25, -0.2) is 0 Å². The Balaban J connectivity index is 0.000000129. The summed E-state index contributed by atoms with van der Waals surface area (Å²) in [4.78, 5) is 24.3. The van der Waals surface area contributed by atoms with Gasteiger partial charge in [0.05, 0.1) is 7.11 Å². The molecule has 266 valence electrons. The van der Waals surface area contributed by atoms with Crippen molar-refractivity contribution in [2.45, 2.75) is 128 Å². The zero-order valence-corrected chi connectivity index (χ0v) is 30.6. The summed E-state index contributed by atoms with van der Waals surface area (Å²) in [6.07, 6.45) is 22.7. The van der Waals surface area contributed by atoms with Crippen LogP contribution in [0.5, 0.6) is 5.75 Å². The number of esters is 1. The van der Waals surface area contributed by atoms with Crippen LogP contribution in [0.15, 0.2) is 29.8 Å². The molecule has 0 aromatic heterocycles. The number of hydrogen-bond acceptors (Lipinski definition) is 5. The smallest absolute Gasteiger partial charge is 0.306 e. The Bertz CT molecular complexity index is 1750. The van der Waals surface area contributed by atoms with Crippen LogP contribution in [0.2, 0.25) is 0 Å². The highest BCUT2D eigenvalue weighted by Crippen LogP contribution is 2.82. The first-order valence-electron chi connectivity index (χ1n) is 20.2. The number of aliphatic hydroxyl groups is 1. The third-order valence-corrected chi connectivity index (χ3v) is 18.2. The van der Waals surface area contributed by atoms with Crippen LogP contribution in [0.25, 0.3) is 0 Å². The minimum Gasteiger partial charge on any atom is -0.497 e. The highest BCUT2D eigenvalue weighted by atomic mass is 16.6. The number of aryl methyl sites for hydroxylation is 1. The first-order valence-corrected chi connectivity index (χ1v) is 20.2. The van der Waals surface area contributed by atoms with Crippen molar-refractivity contribution in [2.24, 2.45) is 69.5 Å². The Kier molecular flexibility index (Phi) is 6.61. The molecule has 8 fully saturated rings. The van der Waals surface area contributed by atoms with Gasteiger partial charge >= 0.3 is 5.97 Å². The summed E-state index contributed by atoms with van der Waals surface area (Å²) in [5, 5.41) is 11.0. The van der Waals surface area contributed by atoms with Crippen molar-refractivity contribution in [3.05, 3.63) is 41.0 Å². The van der Waals surface area contributed by atoms with Gasteiger partial charge in [0.15, 0.2) is 5.78 Å². The van der Waals surface area contributed by atoms with Gasteiger partial charge in [-0.1, -0.05) is 38.3 Å². The molecular weight excluding hydrogens is 620 g/mol. The zero-order chi connectivity index (χ0) is 34.6. The van der Waals surface area contributed by atoms with Crippen molar-refractivity contribution in [3.63, 3.8) is 0 Å². The van der Waals surface area contributed by atoms with Crippen LogP contribution < -0.4 is 4.74 Å². The second-order valence-corrected chi connectivity index (χ2v) is 19.5. The van der Waals surface area contributed by atoms with Crippen molar-refractivity contribution in [3.8, 4) is 18.1 Å². The van der Waals surface area contributed by atoms with Crippen LogP contribution in [0.3, 0.4) is 0 Å². The molecule has 50 heavy (non-hydrogen) atoms. The van der Waals surface area contributed by atoms with Crippen LogP contribution in [0.4, 0.5) is 0 Å². The third-order valence-electron chi connectivity index (χ3n) is 18.2. The number of ether oxygens (including phenoxy) is 2. The van der Waals surface area contributed by atoms with E-state index in [9.17, 15) is 14.7 Å². The Hall–Kier alpha value is -2.58. The lowest BCUT2D eigenvalue weighted by molar-refractivity contribution is -0.177. The van der Waals surface area contributed by atoms with Crippen molar-refractivity contribution in [1.29, 1.82) is 0 Å². The summed E-state index contributed by atoms with van der Waals surface area (Å²) in [5.74, 6) is 11.2. The molecule has 7 saturated carbocycles. The molecule has 5 nitrogen and oxygen atoms in total. The van der Waals surface area contributed by atoms with Crippen molar-refractivity contribution >= 4 is 11.8 Å². The number of methoxy groups -OCH3 is 1. The van der Waals surface area contributed by atoms with E-state index in [-0.39, 0.29) is 27.8 Å². The maximum absolute atomic E-state index is 12.2. The summed E-state index contributed by atoms with van der Waals surface area (Å²) in [6, 6.07) is 6.59. The van der Waals surface area contributed by atoms with Gasteiger partial charge in [0.2, 0.25) is 0 Å². The minimum absolute atomic E-state index is 0.0561. The number of carbonyl (C=O) groups excluding carboxylic acids is 2. The minimum atomic E-state index is -0.900. The number of benzene rings is 1. The van der Waals surface area contributed by atoms with Crippen LogP contribution in [-0.2, 0) is 20.7 Å². The molecule has 9 aliphatic carbocycles. The molecule has 1 N–H and O–H groups in total. The predicted molar refractivity (Wildman–Crippen MR) is 191 cm³/mol. The highest BCUT2D eigenvalue weighted by Gasteiger charge is 2.81. The molecule has 1 heterocycles. The van der Waals surface area contributed by atoms with E-state index in [2.05, 4.69) is 51.0 Å². The molecule has 10 aliphatic rings. The van der Waals surface area contributed by atoms with Gasteiger partial charge in [-0.3, -0.25) is 9.59 Å². The first kappa shape index (κ1) is 32.1. The number of rotatable bonds is 1. The van der Waals surface area contributed by atoms with E-state index in [1.54, 1.807) is 7.11 Å². The van der Waals surface area contributed by atoms with Crippen molar-refractivity contribution in [2.75, 3.05) is 7.11 Å². The average Bonchev–Trinajstić information content (AvgIpc) is 4.01. The van der Waals surface area contributed by atoms with E-state index in [1.165, 1.54) is 48.8 Å². The molecule has 0 radical (unpaired) electrons. The Morgan fingerprint density at radius 2 is 1.64 bits per heavy atom. The van der Waals surface area contributed by atoms with E-state index in [4.69, 9.17) is 15.9 Å². The topological polar surface area (TPSA) is 72.8 Å². The van der Waals surface area contributed by atoms with Gasteiger partial charge in [0.1, 0.15) is 17.0 Å². The second kappa shape index (κ2) is 10.3. The van der Waals surface area contributed by atoms with Crippen LogP contribution >= 0.6 is 0 Å². The summed E-state index contributed by atoms with van der Waals surface area (Å²) in [6.45, 7) is 7.23. The molecule has 0 unspecified atom stereocenters. The van der Waals surface area contributed by atoms with Crippen LogP contribution in [0, 0.1) is 81.8 Å². The largest absolute Gasteiger partial charge is 0.497 e. The maximum Gasteiger partial charge on any atom is 0.306 e. The average molecular weight is 677 g/mol. The summed E-state index contributed by atoms with van der Waals surface area (Å²) in [5.41, 5.74) is 3.82. The third kappa shape index (κ3) is 3.91. The summed E-state index contributed by atoms with van der Waals surface area (Å²) < 4.78 is 11.6. The van der Waals surface area contributed by atoms with Crippen molar-refractivity contribution in [1.82, 2.24) is 0 Å². The highest BCUT2D eigenvalue weighted by molar-refractivity contribution is 5.92. The van der Waals surface area contributed by atoms with E-state index >= 15 is 0 Å². The summed E-state index contributed by atoms with van der Waals surface area (Å²) >= 11 is 0. The molecule has 5 heteroatoms. The molecule has 1 spiro atoms. The second-order valence-electron chi connectivity index (χ2n) is 19.5. The standard InChI is InChI=1S/C24H30O3.C21H26O2/c1-22-6-3-12(25)9-17(22)13-10-14(13)20-16(22)4-7-23(2)21(20)15-11-18(15)24(23)8-5-19(26)27-24;1-4-21(22)12-10-19-18-7-5-14-13-15(23-3)6-8-16(14)17(18)9-11-20(19,21)2/h9,13-16,18,20-21H,3-8,10-11H2,1-2H3;1,6,8,13,17-19,22H,5,7,9-12H2,2-3H3/t13-,14+,15-,16+,18+,20-,21+,22-,23+,24+;17-,18-,19+,20+,21+/m11/s1. The Morgan fingerprint density at radius 1 is 0.840 bits per heavy atom. The molecule has 1 saturated heterocycles. The molecular formula is C45H56O5. The van der Waals surface area contributed by atoms with Crippen molar-refractivity contribution < 1.29 is 24.2 Å². The molecule has 1 aromatic carbocycles. The predicted octanol–water partition coefficient (Wildman–Crippen LogP) is 8.22. The molecule has 1 aliphatic heterocycles. The van der Waals surface area contributed by atoms with E-state index < -0.39 is 5.60 Å². The van der Waals surface area contributed by atoms with Crippen LogP contribution in [0.1, 0.15) is 121 Å². The lowest BCUT2D eigenvalue weighted by Crippen LogP contribution is -2.57. The molecule has 1 aromatic rings. The number of allylic oxidation sites excluding steroid dienone is 1. The quantitative estimate of drug-likeness (QED) is 0.240. The van der Waals surface area contributed by atoms with E-state index in [1.807, 2.05) is 0 Å². The number of ketones is 1. The number of terminal acetylenes is 1. The van der Waals surface area contributed by atoms with E-state index in [0.717, 1.165) is 86.7 Å². The van der Waals surface area contributed by atoms with Gasteiger partial charge in [0.25, 0.3) is 0 Å². The fourth-order valence-corrected chi connectivity index (χ4v) is 15.7. The number of hydrogen-bond donors (Lipinski definition) is 1. The maximum atomic E-state index is 12.2. The van der Waals surface area contributed by atoms with Gasteiger partial charge in [-0.15, -0.1) is 6.42 Å². The molecule has 11 rings (SSSR count). The first-order chi connectivity index (χ1) is 23.9. The number of fused-ring (bicyclic) bond motifs is 17. The SMILES string of the molecule is C#C[C@]1(O)CC[C@H]2[C@@H]3CCc4cc(OC)ccc4[C@H]3CC[C@@]21C.C[C@]12CCC(=O)C=C1[C@@H]1C[C@@H]1[C@H]1[C@@H]3[C@@H]4C[C@@H]4[C@@]4(CCC(=O)O4)[C@@]3(C)CC[C@@H]12. The van der Waals surface area contributed by atoms with Gasteiger partial charge in [0, 0.05) is 29.6 Å². The Labute approximate surface area is 298 Å². The fraction of sp³-hybridized carbons (Fsp3) is 0.733. The molecule has 15 atom stereocenters. The number of carbonyl (C=O) groups is 2. The fourth-order valence-electron chi connectivity index (χ4n) is 15.7. The van der Waals surface area contributed by atoms with Gasteiger partial charge in [-0.05, 0) is 165 Å². The zero-order valence-electron chi connectivity index (χ0n) is 30.6. The lowest BCUT2D eigenvalue weighted by Gasteiger charge is -2.60. The summed E-state index contributed by atoms with van der Waals surface area (Å²) in [7, 11) is 1.73. The Morgan fingerprint density at radius 3 is 2.40 bits per heavy atom. The van der Waals surface area contributed by atoms with Crippen LogP contribution in [-0.4, -0.2) is 35.2 Å². The van der Waals surface area contributed by atoms with Gasteiger partial charge < -0.3 is 14.6 Å². The monoisotopic (exact) mass is 676 g/mol.